The van der Waals surface area contributed by atoms with E-state index in [0.717, 1.165) is 46.4 Å². The molecule has 4 aromatic rings. The van der Waals surface area contributed by atoms with Crippen LogP contribution in [0.3, 0.4) is 0 Å². The van der Waals surface area contributed by atoms with Crippen LogP contribution in [-0.4, -0.2) is 34.9 Å². The molecule has 0 atom stereocenters. The van der Waals surface area contributed by atoms with Crippen LogP contribution in [0.5, 0.6) is 11.5 Å². The summed E-state index contributed by atoms with van der Waals surface area (Å²) in [5, 5.41) is 12.9. The molecule has 0 spiro atoms. The molecule has 0 fully saturated rings. The number of ether oxygens (including phenoxy) is 1. The van der Waals surface area contributed by atoms with Crippen molar-refractivity contribution in [1.29, 1.82) is 0 Å². The topological polar surface area (TPSA) is 59.3 Å². The number of aryl methyl sites for hydroxylation is 1. The molecule has 0 radical (unpaired) electrons. The number of fused-ring (bicyclic) bond motifs is 1. The Morgan fingerprint density at radius 3 is 2.28 bits per heavy atom. The second-order valence-electron chi connectivity index (χ2n) is 7.79. The molecule has 2 N–H and O–H groups in total. The summed E-state index contributed by atoms with van der Waals surface area (Å²) in [6, 6.07) is 22.1. The minimum Gasteiger partial charge on any atom is -0.508 e. The molecule has 4 rings (SSSR count). The lowest BCUT2D eigenvalue weighted by Crippen LogP contribution is -2.15. The summed E-state index contributed by atoms with van der Waals surface area (Å²) < 4.78 is 7.85. The van der Waals surface area contributed by atoms with Crippen molar-refractivity contribution < 1.29 is 9.84 Å². The molecule has 0 saturated carbocycles. The van der Waals surface area contributed by atoms with Gasteiger partial charge in [-0.2, -0.15) is 0 Å². The summed E-state index contributed by atoms with van der Waals surface area (Å²) in [5.74, 6) is 1.11. The fourth-order valence-corrected chi connectivity index (χ4v) is 3.97. The highest BCUT2D eigenvalue weighted by atomic mass is 16.5. The molecular weight excluding hydrogens is 398 g/mol. The number of hydrogen-bond acceptors (Lipinski definition) is 4. The zero-order valence-corrected chi connectivity index (χ0v) is 18.8. The average Bonchev–Trinajstić information content (AvgIpc) is 3.19. The molecule has 0 amide bonds. The van der Waals surface area contributed by atoms with E-state index in [-0.39, 0.29) is 5.75 Å². The fourth-order valence-electron chi connectivity index (χ4n) is 3.97. The number of nitrogens with one attached hydrogen (secondary N) is 1. The molecule has 5 nitrogen and oxygen atoms in total. The van der Waals surface area contributed by atoms with Gasteiger partial charge in [-0.1, -0.05) is 37.3 Å². The number of benzene rings is 3. The first-order valence-electron chi connectivity index (χ1n) is 10.9. The van der Waals surface area contributed by atoms with Gasteiger partial charge in [0.25, 0.3) is 0 Å². The van der Waals surface area contributed by atoms with Crippen molar-refractivity contribution >= 4 is 22.2 Å². The minimum absolute atomic E-state index is 0.260. The molecule has 0 aliphatic rings. The van der Waals surface area contributed by atoms with Crippen molar-refractivity contribution in [2.75, 3.05) is 20.2 Å². The van der Waals surface area contributed by atoms with Gasteiger partial charge in [0.2, 0.25) is 0 Å². The first-order chi connectivity index (χ1) is 15.6. The molecular formula is C27H29N3O2. The van der Waals surface area contributed by atoms with Crippen LogP contribution in [0.25, 0.3) is 22.2 Å². The molecule has 0 unspecified atom stereocenters. The van der Waals surface area contributed by atoms with Gasteiger partial charge in [-0.15, -0.1) is 0 Å². The zero-order chi connectivity index (χ0) is 22.5. The maximum atomic E-state index is 9.84. The molecule has 0 bridgehead atoms. The van der Waals surface area contributed by atoms with Gasteiger partial charge >= 0.3 is 0 Å². The molecule has 0 aliphatic carbocycles. The van der Waals surface area contributed by atoms with Crippen LogP contribution < -0.4 is 10.1 Å². The number of rotatable bonds is 8. The highest BCUT2D eigenvalue weighted by molar-refractivity contribution is 5.99. The number of aromatic hydroxyl groups is 1. The highest BCUT2D eigenvalue weighted by Gasteiger charge is 2.15. The van der Waals surface area contributed by atoms with Crippen molar-refractivity contribution in [2.24, 2.45) is 7.05 Å². The van der Waals surface area contributed by atoms with Crippen molar-refractivity contribution in [2.45, 2.75) is 13.3 Å². The van der Waals surface area contributed by atoms with Gasteiger partial charge in [0.1, 0.15) is 18.1 Å². The smallest absolute Gasteiger partial charge is 0.119 e. The van der Waals surface area contributed by atoms with Gasteiger partial charge in [0, 0.05) is 13.6 Å². The molecule has 1 aromatic heterocycles. The van der Waals surface area contributed by atoms with E-state index in [4.69, 9.17) is 4.74 Å². The van der Waals surface area contributed by atoms with E-state index in [2.05, 4.69) is 47.6 Å². The Hall–Kier alpha value is -3.57. The van der Waals surface area contributed by atoms with Crippen LogP contribution >= 0.6 is 0 Å². The number of phenolic OH excluding ortho intramolecular Hbond substituents is 1. The number of allylic oxidation sites excluding steroid dienone is 1. The maximum Gasteiger partial charge on any atom is 0.119 e. The third-order valence-electron chi connectivity index (χ3n) is 5.65. The largest absolute Gasteiger partial charge is 0.508 e. The SMILES string of the molecule is CC/C(=C(\c1ccc(O)cc1)c1ccc(OCCNC)cc1)c1ccc2ncn(C)c2c1. The molecule has 0 saturated heterocycles. The second kappa shape index (κ2) is 9.71. The molecule has 32 heavy (non-hydrogen) atoms. The molecule has 0 aliphatic heterocycles. The molecule has 5 heteroatoms. The van der Waals surface area contributed by atoms with Crippen LogP contribution in [-0.2, 0) is 7.05 Å². The Morgan fingerprint density at radius 1 is 0.969 bits per heavy atom. The van der Waals surface area contributed by atoms with Gasteiger partial charge < -0.3 is 19.7 Å². The third kappa shape index (κ3) is 4.53. The first kappa shape index (κ1) is 21.7. The summed E-state index contributed by atoms with van der Waals surface area (Å²) in [5.41, 5.74) is 7.82. The van der Waals surface area contributed by atoms with Gasteiger partial charge in [-0.3, -0.25) is 0 Å². The van der Waals surface area contributed by atoms with Crippen LogP contribution in [0.1, 0.15) is 30.0 Å². The van der Waals surface area contributed by atoms with Crippen LogP contribution in [0.2, 0.25) is 0 Å². The summed E-state index contributed by atoms with van der Waals surface area (Å²) in [4.78, 5) is 4.46. The number of imidazole rings is 1. The van der Waals surface area contributed by atoms with E-state index >= 15 is 0 Å². The predicted octanol–water partition coefficient (Wildman–Crippen LogP) is 5.25. The fraction of sp³-hybridized carbons (Fsp3) is 0.222. The number of hydrogen-bond donors (Lipinski definition) is 2. The quantitative estimate of drug-likeness (QED) is 0.298. The van der Waals surface area contributed by atoms with E-state index < -0.39 is 0 Å². The summed E-state index contributed by atoms with van der Waals surface area (Å²) >= 11 is 0. The summed E-state index contributed by atoms with van der Waals surface area (Å²) in [6.45, 7) is 3.61. The first-order valence-corrected chi connectivity index (χ1v) is 10.9. The Morgan fingerprint density at radius 2 is 1.62 bits per heavy atom. The summed E-state index contributed by atoms with van der Waals surface area (Å²) in [6.07, 6.45) is 2.71. The van der Waals surface area contributed by atoms with Crippen LogP contribution in [0.4, 0.5) is 0 Å². The highest BCUT2D eigenvalue weighted by Crippen LogP contribution is 2.36. The Balaban J connectivity index is 1.84. The molecule has 3 aromatic carbocycles. The lowest BCUT2D eigenvalue weighted by molar-refractivity contribution is 0.318. The predicted molar refractivity (Wildman–Crippen MR) is 131 cm³/mol. The number of likely N-dealkylation sites (N-methyl/N-ethyl adjacent to an activating group) is 1. The van der Waals surface area contributed by atoms with Crippen LogP contribution in [0, 0.1) is 0 Å². The number of aromatic nitrogens is 2. The van der Waals surface area contributed by atoms with E-state index in [9.17, 15) is 5.11 Å². The van der Waals surface area contributed by atoms with Crippen molar-refractivity contribution in [3.05, 3.63) is 89.7 Å². The lowest BCUT2D eigenvalue weighted by atomic mass is 9.88. The monoisotopic (exact) mass is 427 g/mol. The minimum atomic E-state index is 0.260. The van der Waals surface area contributed by atoms with Gasteiger partial charge in [0.05, 0.1) is 17.4 Å². The molecule has 1 heterocycles. The lowest BCUT2D eigenvalue weighted by Gasteiger charge is -2.17. The second-order valence-corrected chi connectivity index (χ2v) is 7.79. The van der Waals surface area contributed by atoms with Gasteiger partial charge in [-0.25, -0.2) is 4.98 Å². The van der Waals surface area contributed by atoms with Gasteiger partial charge in [0.15, 0.2) is 0 Å². The van der Waals surface area contributed by atoms with Crippen molar-refractivity contribution in [1.82, 2.24) is 14.9 Å². The Bertz CT molecular complexity index is 1220. The summed E-state index contributed by atoms with van der Waals surface area (Å²) in [7, 11) is 3.93. The normalized spacial score (nSPS) is 12.1. The van der Waals surface area contributed by atoms with Gasteiger partial charge in [-0.05, 0) is 77.7 Å². The standard InChI is InChI=1S/C27H29N3O2/c1-4-24(21-9-14-25-26(17-21)30(3)18-29-25)27(19-5-10-22(31)11-6-19)20-7-12-23(13-8-20)32-16-15-28-2/h5-14,17-18,28,31H,4,15-16H2,1-3H3/b27-24-. The van der Waals surface area contributed by atoms with Crippen LogP contribution in [0.15, 0.2) is 73.1 Å². The molecule has 164 valence electrons. The maximum absolute atomic E-state index is 9.84. The van der Waals surface area contributed by atoms with Crippen molar-refractivity contribution in [3.63, 3.8) is 0 Å². The third-order valence-corrected chi connectivity index (χ3v) is 5.65. The Labute approximate surface area is 189 Å². The van der Waals surface area contributed by atoms with E-state index in [1.807, 2.05) is 49.3 Å². The Kier molecular flexibility index (Phi) is 6.57. The van der Waals surface area contributed by atoms with E-state index in [1.165, 1.54) is 11.1 Å². The average molecular weight is 428 g/mol. The zero-order valence-electron chi connectivity index (χ0n) is 18.8. The number of phenols is 1. The van der Waals surface area contributed by atoms with Crippen molar-refractivity contribution in [3.8, 4) is 11.5 Å². The van der Waals surface area contributed by atoms with E-state index in [0.29, 0.717) is 6.61 Å². The van der Waals surface area contributed by atoms with E-state index in [1.54, 1.807) is 12.1 Å². The number of nitrogens with zero attached hydrogens (tertiary/aromatic N) is 2.